The van der Waals surface area contributed by atoms with Crippen LogP contribution in [0, 0.1) is 5.41 Å². The average Bonchev–Trinajstić information content (AvgIpc) is 2.60. The number of nitrogens with two attached hydrogens (primary N) is 1. The molecule has 0 spiro atoms. The van der Waals surface area contributed by atoms with E-state index in [1.807, 2.05) is 18.2 Å². The van der Waals surface area contributed by atoms with Gasteiger partial charge in [-0.05, 0) is 30.5 Å². The van der Waals surface area contributed by atoms with Crippen molar-refractivity contribution in [1.29, 1.82) is 0 Å². The van der Waals surface area contributed by atoms with Crippen molar-refractivity contribution in [1.82, 2.24) is 5.32 Å². The van der Waals surface area contributed by atoms with E-state index in [0.29, 0.717) is 52.4 Å². The Morgan fingerprint density at radius 1 is 1.14 bits per heavy atom. The van der Waals surface area contributed by atoms with Crippen LogP contribution in [0.1, 0.15) is 18.4 Å². The molecule has 0 aliphatic carbocycles. The lowest BCUT2D eigenvalue weighted by Crippen LogP contribution is -2.48. The number of hydrogen-bond acceptors (Lipinski definition) is 5. The van der Waals surface area contributed by atoms with Gasteiger partial charge < -0.3 is 25.3 Å². The Kier molecular flexibility index (Phi) is 4.49. The highest BCUT2D eigenvalue weighted by atomic mass is 16.6. The van der Waals surface area contributed by atoms with Gasteiger partial charge in [-0.25, -0.2) is 0 Å². The van der Waals surface area contributed by atoms with Gasteiger partial charge in [0.15, 0.2) is 11.5 Å². The summed E-state index contributed by atoms with van der Waals surface area (Å²) in [6.45, 7) is 3.12. The van der Waals surface area contributed by atoms with Crippen molar-refractivity contribution in [3.63, 3.8) is 0 Å². The van der Waals surface area contributed by atoms with Crippen LogP contribution in [-0.4, -0.2) is 38.9 Å². The van der Waals surface area contributed by atoms with Gasteiger partial charge in [-0.2, -0.15) is 0 Å². The van der Waals surface area contributed by atoms with Crippen molar-refractivity contribution >= 4 is 5.91 Å². The van der Waals surface area contributed by atoms with Crippen LogP contribution in [0.3, 0.4) is 0 Å². The number of rotatable bonds is 4. The Labute approximate surface area is 129 Å². The number of nitrogens with one attached hydrogen (secondary N) is 1. The summed E-state index contributed by atoms with van der Waals surface area (Å²) >= 11 is 0. The lowest BCUT2D eigenvalue weighted by atomic mass is 9.79. The van der Waals surface area contributed by atoms with Gasteiger partial charge in [0.2, 0.25) is 5.91 Å². The summed E-state index contributed by atoms with van der Waals surface area (Å²) in [4.78, 5) is 12.5. The summed E-state index contributed by atoms with van der Waals surface area (Å²) in [5.74, 6) is 1.50. The van der Waals surface area contributed by atoms with E-state index in [9.17, 15) is 4.79 Å². The molecule has 0 atom stereocenters. The Morgan fingerprint density at radius 3 is 2.59 bits per heavy atom. The molecule has 6 heteroatoms. The van der Waals surface area contributed by atoms with Gasteiger partial charge in [-0.3, -0.25) is 4.79 Å². The maximum atomic E-state index is 12.5. The van der Waals surface area contributed by atoms with Crippen LogP contribution >= 0.6 is 0 Å². The minimum Gasteiger partial charge on any atom is -0.486 e. The second kappa shape index (κ2) is 6.54. The first-order valence-electron chi connectivity index (χ1n) is 7.68. The highest BCUT2D eigenvalue weighted by Gasteiger charge is 2.38. The third kappa shape index (κ3) is 3.03. The van der Waals surface area contributed by atoms with Gasteiger partial charge >= 0.3 is 0 Å². The molecule has 22 heavy (non-hydrogen) atoms. The third-order valence-electron chi connectivity index (χ3n) is 4.38. The van der Waals surface area contributed by atoms with E-state index in [1.165, 1.54) is 0 Å². The average molecular weight is 306 g/mol. The summed E-state index contributed by atoms with van der Waals surface area (Å²) in [6, 6.07) is 5.73. The summed E-state index contributed by atoms with van der Waals surface area (Å²) in [6.07, 6.45) is 1.35. The van der Waals surface area contributed by atoms with E-state index < -0.39 is 5.41 Å². The molecule has 1 amide bonds. The number of carbonyl (C=O) groups excluding carboxylic acids is 1. The molecule has 3 N–H and O–H groups in total. The Balaban J connectivity index is 1.63. The van der Waals surface area contributed by atoms with E-state index in [0.717, 1.165) is 17.1 Å². The second-order valence-corrected chi connectivity index (χ2v) is 5.76. The molecular weight excluding hydrogens is 284 g/mol. The van der Waals surface area contributed by atoms with Crippen LogP contribution in [-0.2, 0) is 16.1 Å². The molecule has 1 fully saturated rings. The topological polar surface area (TPSA) is 82.8 Å². The molecule has 3 rings (SSSR count). The molecule has 1 aromatic rings. The Bertz CT molecular complexity index is 541. The predicted molar refractivity (Wildman–Crippen MR) is 80.8 cm³/mol. The predicted octanol–water partition coefficient (Wildman–Crippen LogP) is 0.829. The molecule has 0 bridgehead atoms. The number of amides is 1. The SMILES string of the molecule is NCC1(C(=O)NCc2ccc3c(c2)OCCO3)CCOCC1. The van der Waals surface area contributed by atoms with Crippen LogP contribution in [0.25, 0.3) is 0 Å². The van der Waals surface area contributed by atoms with Crippen LogP contribution in [0.15, 0.2) is 18.2 Å². The molecule has 6 nitrogen and oxygen atoms in total. The van der Waals surface area contributed by atoms with Crippen LogP contribution in [0.4, 0.5) is 0 Å². The number of hydrogen-bond donors (Lipinski definition) is 2. The largest absolute Gasteiger partial charge is 0.486 e. The molecule has 0 aromatic heterocycles. The zero-order valence-corrected chi connectivity index (χ0v) is 12.6. The van der Waals surface area contributed by atoms with Gasteiger partial charge in [-0.15, -0.1) is 0 Å². The van der Waals surface area contributed by atoms with Crippen molar-refractivity contribution in [2.45, 2.75) is 19.4 Å². The maximum Gasteiger partial charge on any atom is 0.227 e. The van der Waals surface area contributed by atoms with E-state index >= 15 is 0 Å². The van der Waals surface area contributed by atoms with Crippen molar-refractivity contribution in [2.75, 3.05) is 33.0 Å². The standard InChI is InChI=1S/C16H22N2O4/c17-11-16(3-5-20-6-4-16)15(19)18-10-12-1-2-13-14(9-12)22-8-7-21-13/h1-2,9H,3-8,10-11,17H2,(H,18,19). The summed E-state index contributed by atoms with van der Waals surface area (Å²) in [5, 5.41) is 3.00. The molecule has 0 saturated carbocycles. The zero-order valence-electron chi connectivity index (χ0n) is 12.6. The van der Waals surface area contributed by atoms with E-state index in [4.69, 9.17) is 19.9 Å². The molecule has 0 unspecified atom stereocenters. The van der Waals surface area contributed by atoms with Crippen LogP contribution in [0.5, 0.6) is 11.5 Å². The van der Waals surface area contributed by atoms with E-state index in [2.05, 4.69) is 5.32 Å². The van der Waals surface area contributed by atoms with Gasteiger partial charge in [0.05, 0.1) is 5.41 Å². The molecule has 0 radical (unpaired) electrons. The Hall–Kier alpha value is -1.79. The highest BCUT2D eigenvalue weighted by Crippen LogP contribution is 2.32. The Morgan fingerprint density at radius 2 is 1.86 bits per heavy atom. The van der Waals surface area contributed by atoms with Crippen molar-refractivity contribution in [3.8, 4) is 11.5 Å². The molecule has 2 aliphatic rings. The quantitative estimate of drug-likeness (QED) is 0.861. The van der Waals surface area contributed by atoms with Gasteiger partial charge in [0.25, 0.3) is 0 Å². The first kappa shape index (κ1) is 15.1. The monoisotopic (exact) mass is 306 g/mol. The van der Waals surface area contributed by atoms with E-state index in [1.54, 1.807) is 0 Å². The zero-order chi connectivity index (χ0) is 15.4. The normalized spacial score (nSPS) is 19.5. The smallest absolute Gasteiger partial charge is 0.227 e. The van der Waals surface area contributed by atoms with Gasteiger partial charge in [-0.1, -0.05) is 6.07 Å². The second-order valence-electron chi connectivity index (χ2n) is 5.76. The summed E-state index contributed by atoms with van der Waals surface area (Å²) in [5.41, 5.74) is 6.34. The molecule has 1 saturated heterocycles. The lowest BCUT2D eigenvalue weighted by molar-refractivity contribution is -0.136. The number of carbonyl (C=O) groups is 1. The number of fused-ring (bicyclic) bond motifs is 1. The molecular formula is C16H22N2O4. The highest BCUT2D eigenvalue weighted by molar-refractivity contribution is 5.83. The lowest BCUT2D eigenvalue weighted by Gasteiger charge is -2.34. The van der Waals surface area contributed by atoms with Gasteiger partial charge in [0.1, 0.15) is 13.2 Å². The first-order chi connectivity index (χ1) is 10.7. The van der Waals surface area contributed by atoms with Crippen LogP contribution in [0.2, 0.25) is 0 Å². The molecule has 2 aliphatic heterocycles. The maximum absolute atomic E-state index is 12.5. The van der Waals surface area contributed by atoms with Crippen molar-refractivity contribution in [2.24, 2.45) is 11.1 Å². The van der Waals surface area contributed by atoms with Crippen molar-refractivity contribution < 1.29 is 19.0 Å². The van der Waals surface area contributed by atoms with Crippen molar-refractivity contribution in [3.05, 3.63) is 23.8 Å². The third-order valence-corrected chi connectivity index (χ3v) is 4.38. The minimum atomic E-state index is -0.494. The molecule has 2 heterocycles. The first-order valence-corrected chi connectivity index (χ1v) is 7.68. The minimum absolute atomic E-state index is 0.00758. The summed E-state index contributed by atoms with van der Waals surface area (Å²) in [7, 11) is 0. The van der Waals surface area contributed by atoms with Gasteiger partial charge in [0, 0.05) is 26.3 Å². The molecule has 1 aromatic carbocycles. The van der Waals surface area contributed by atoms with E-state index in [-0.39, 0.29) is 5.91 Å². The fourth-order valence-corrected chi connectivity index (χ4v) is 2.85. The summed E-state index contributed by atoms with van der Waals surface area (Å²) < 4.78 is 16.4. The fourth-order valence-electron chi connectivity index (χ4n) is 2.85. The molecule has 120 valence electrons. The number of benzene rings is 1. The van der Waals surface area contributed by atoms with Crippen LogP contribution < -0.4 is 20.5 Å². The fraction of sp³-hybridized carbons (Fsp3) is 0.562. The number of ether oxygens (including phenoxy) is 3.